The predicted molar refractivity (Wildman–Crippen MR) is 114 cm³/mol. The Kier molecular flexibility index (Phi) is 6.91. The van der Waals surface area contributed by atoms with Crippen molar-refractivity contribution in [2.45, 2.75) is 20.3 Å². The van der Waals surface area contributed by atoms with Crippen LogP contribution in [0.2, 0.25) is 0 Å². The zero-order valence-corrected chi connectivity index (χ0v) is 17.4. The van der Waals surface area contributed by atoms with Crippen LogP contribution >= 0.6 is 11.6 Å². The minimum absolute atomic E-state index is 0.0370. The van der Waals surface area contributed by atoms with Crippen molar-refractivity contribution in [1.82, 2.24) is 19.7 Å². The minimum Gasteiger partial charge on any atom is -0.397 e. The van der Waals surface area contributed by atoms with Crippen molar-refractivity contribution in [1.29, 1.82) is 0 Å². The fourth-order valence-electron chi connectivity index (χ4n) is 2.72. The zero-order chi connectivity index (χ0) is 22.5. The van der Waals surface area contributed by atoms with Crippen molar-refractivity contribution in [3.8, 4) is 5.82 Å². The molecular formula is C20H19ClF3N7. The molecule has 0 radical (unpaired) electrons. The molecular weight excluding hydrogens is 431 g/mol. The molecule has 162 valence electrons. The molecule has 0 unspecified atom stereocenters. The molecule has 1 aromatic carbocycles. The lowest BCUT2D eigenvalue weighted by molar-refractivity contribution is 0.159. The number of halogens is 4. The summed E-state index contributed by atoms with van der Waals surface area (Å²) in [6.07, 6.45) is -1.40. The third-order valence-corrected chi connectivity index (χ3v) is 4.50. The van der Waals surface area contributed by atoms with E-state index in [1.54, 1.807) is 10.7 Å². The van der Waals surface area contributed by atoms with Gasteiger partial charge in [0.15, 0.2) is 5.82 Å². The monoisotopic (exact) mass is 449 g/mol. The summed E-state index contributed by atoms with van der Waals surface area (Å²) in [5.74, 6) is 0.149. The number of anilines is 1. The third-order valence-electron chi connectivity index (χ3n) is 4.11. The Hall–Kier alpha value is -3.40. The quantitative estimate of drug-likeness (QED) is 0.437. The first-order valence-corrected chi connectivity index (χ1v) is 9.49. The molecule has 0 spiro atoms. The van der Waals surface area contributed by atoms with Gasteiger partial charge >= 0.3 is 0 Å². The number of aryl methyl sites for hydroxylation is 2. The summed E-state index contributed by atoms with van der Waals surface area (Å²) < 4.78 is 40.4. The van der Waals surface area contributed by atoms with Crippen LogP contribution in [0.5, 0.6) is 0 Å². The van der Waals surface area contributed by atoms with Gasteiger partial charge in [-0.1, -0.05) is 11.6 Å². The van der Waals surface area contributed by atoms with Crippen LogP contribution in [0.4, 0.5) is 19.0 Å². The van der Waals surface area contributed by atoms with Gasteiger partial charge in [0.05, 0.1) is 11.4 Å². The van der Waals surface area contributed by atoms with Crippen LogP contribution in [0.3, 0.4) is 0 Å². The van der Waals surface area contributed by atoms with Crippen molar-refractivity contribution < 1.29 is 13.2 Å². The van der Waals surface area contributed by atoms with E-state index in [1.807, 2.05) is 19.9 Å². The third kappa shape index (κ3) is 5.60. The van der Waals surface area contributed by atoms with Gasteiger partial charge in [0.2, 0.25) is 0 Å². The highest BCUT2D eigenvalue weighted by Gasteiger charge is 2.15. The maximum absolute atomic E-state index is 13.2. The summed E-state index contributed by atoms with van der Waals surface area (Å²) in [4.78, 5) is 12.1. The molecule has 0 aliphatic carbocycles. The van der Waals surface area contributed by atoms with E-state index < -0.39 is 18.8 Å². The number of nitrogens with two attached hydrogens (primary N) is 1. The Bertz CT molecular complexity index is 1120. The molecule has 3 N–H and O–H groups in total. The molecule has 31 heavy (non-hydrogen) atoms. The highest BCUT2D eigenvalue weighted by Crippen LogP contribution is 2.21. The van der Waals surface area contributed by atoms with E-state index in [0.29, 0.717) is 11.4 Å². The van der Waals surface area contributed by atoms with Gasteiger partial charge in [0.25, 0.3) is 6.43 Å². The van der Waals surface area contributed by atoms with Gasteiger partial charge in [-0.3, -0.25) is 4.99 Å². The van der Waals surface area contributed by atoms with E-state index in [1.165, 1.54) is 30.6 Å². The van der Waals surface area contributed by atoms with Crippen LogP contribution in [0, 0.1) is 19.7 Å². The summed E-state index contributed by atoms with van der Waals surface area (Å²) in [5.41, 5.74) is 8.17. The van der Waals surface area contributed by atoms with Crippen LogP contribution in [-0.2, 0) is 0 Å². The number of alkyl halides is 2. The average Bonchev–Trinajstić information content (AvgIpc) is 3.08. The van der Waals surface area contributed by atoms with Gasteiger partial charge in [-0.2, -0.15) is 5.10 Å². The Morgan fingerprint density at radius 3 is 2.52 bits per heavy atom. The van der Waals surface area contributed by atoms with Crippen molar-refractivity contribution >= 4 is 29.0 Å². The van der Waals surface area contributed by atoms with Crippen molar-refractivity contribution in [3.63, 3.8) is 0 Å². The van der Waals surface area contributed by atoms with E-state index >= 15 is 0 Å². The Labute approximate surface area is 181 Å². The lowest BCUT2D eigenvalue weighted by Crippen LogP contribution is -2.19. The second kappa shape index (κ2) is 9.61. The Balaban J connectivity index is 1.96. The van der Waals surface area contributed by atoms with Crippen LogP contribution in [0.1, 0.15) is 17.0 Å². The van der Waals surface area contributed by atoms with Gasteiger partial charge < -0.3 is 11.1 Å². The lowest BCUT2D eigenvalue weighted by Gasteiger charge is -2.13. The largest absolute Gasteiger partial charge is 0.397 e. The molecule has 0 saturated carbocycles. The van der Waals surface area contributed by atoms with E-state index in [4.69, 9.17) is 17.3 Å². The SMILES string of the molecule is Cc1cc(C)n(-c2cc(NC(=NCC(F)F)C(Cl)=C(N)c3ccc(F)cc3)ncn2)n1. The van der Waals surface area contributed by atoms with E-state index in [2.05, 4.69) is 25.4 Å². The molecule has 3 aromatic rings. The molecule has 2 heterocycles. The lowest BCUT2D eigenvalue weighted by atomic mass is 10.1. The van der Waals surface area contributed by atoms with Crippen LogP contribution in [-0.4, -0.2) is 38.6 Å². The predicted octanol–water partition coefficient (Wildman–Crippen LogP) is 4.06. The van der Waals surface area contributed by atoms with Gasteiger partial charge in [0, 0.05) is 11.8 Å². The van der Waals surface area contributed by atoms with Gasteiger partial charge in [-0.05, 0) is 49.7 Å². The highest BCUT2D eigenvalue weighted by molar-refractivity contribution is 6.47. The van der Waals surface area contributed by atoms with Crippen LogP contribution < -0.4 is 11.1 Å². The summed E-state index contributed by atoms with van der Waals surface area (Å²) in [6, 6.07) is 8.71. The Morgan fingerprint density at radius 1 is 1.19 bits per heavy atom. The molecule has 2 aromatic heterocycles. The number of nitrogens with zero attached hydrogens (tertiary/aromatic N) is 5. The number of hydrogen-bond acceptors (Lipinski definition) is 5. The fraction of sp³-hybridized carbons (Fsp3) is 0.200. The smallest absolute Gasteiger partial charge is 0.257 e. The Morgan fingerprint density at radius 2 is 1.90 bits per heavy atom. The van der Waals surface area contributed by atoms with E-state index in [0.717, 1.165) is 11.4 Å². The summed E-state index contributed by atoms with van der Waals surface area (Å²) >= 11 is 6.35. The molecule has 0 aliphatic rings. The number of aliphatic imine (C=N–C) groups is 1. The van der Waals surface area contributed by atoms with Gasteiger partial charge in [-0.15, -0.1) is 0 Å². The van der Waals surface area contributed by atoms with Crippen LogP contribution in [0.25, 0.3) is 11.5 Å². The molecule has 0 bridgehead atoms. The number of rotatable bonds is 6. The number of aromatic nitrogens is 4. The second-order valence-electron chi connectivity index (χ2n) is 6.54. The van der Waals surface area contributed by atoms with Crippen molar-refractivity contribution in [2.75, 3.05) is 11.9 Å². The van der Waals surface area contributed by atoms with E-state index in [9.17, 15) is 13.2 Å². The first-order chi connectivity index (χ1) is 14.7. The molecule has 7 nitrogen and oxygen atoms in total. The normalized spacial score (nSPS) is 12.8. The molecule has 0 fully saturated rings. The molecule has 0 aliphatic heterocycles. The summed E-state index contributed by atoms with van der Waals surface area (Å²) in [5, 5.41) is 7.05. The van der Waals surface area contributed by atoms with Gasteiger partial charge in [0.1, 0.15) is 35.4 Å². The maximum atomic E-state index is 13.2. The zero-order valence-electron chi connectivity index (χ0n) is 16.7. The standard InChI is InChI=1S/C20H19ClF3N7/c1-11-7-12(2)31(30-11)17-8-16(27-10-28-17)29-20(26-9-15(23)24)18(21)19(25)13-3-5-14(22)6-4-13/h3-8,10,15H,9,25H2,1-2H3,(H,26,27,28,29). The molecule has 0 saturated heterocycles. The molecule has 0 atom stereocenters. The number of benzene rings is 1. The number of nitrogens with one attached hydrogen (secondary N) is 1. The number of amidine groups is 1. The first-order valence-electron chi connectivity index (χ1n) is 9.11. The molecule has 3 rings (SSSR count). The highest BCUT2D eigenvalue weighted by atomic mass is 35.5. The molecule has 0 amide bonds. The second-order valence-corrected chi connectivity index (χ2v) is 6.92. The number of hydrogen-bond donors (Lipinski definition) is 2. The fourth-order valence-corrected chi connectivity index (χ4v) is 2.94. The summed E-state index contributed by atoms with van der Waals surface area (Å²) in [6.45, 7) is 2.92. The first kappa shape index (κ1) is 22.3. The average molecular weight is 450 g/mol. The van der Waals surface area contributed by atoms with Gasteiger partial charge in [-0.25, -0.2) is 27.8 Å². The van der Waals surface area contributed by atoms with Crippen molar-refractivity contribution in [2.24, 2.45) is 10.7 Å². The topological polar surface area (TPSA) is 94.0 Å². The van der Waals surface area contributed by atoms with Crippen LogP contribution in [0.15, 0.2) is 52.8 Å². The molecule has 11 heteroatoms. The summed E-state index contributed by atoms with van der Waals surface area (Å²) in [7, 11) is 0. The van der Waals surface area contributed by atoms with Crippen molar-refractivity contribution in [3.05, 3.63) is 70.5 Å². The maximum Gasteiger partial charge on any atom is 0.257 e. The minimum atomic E-state index is -2.69. The van der Waals surface area contributed by atoms with E-state index in [-0.39, 0.29) is 22.4 Å².